The second kappa shape index (κ2) is 7.07. The number of pyridine rings is 1. The topological polar surface area (TPSA) is 79.4 Å². The first-order valence-electron chi connectivity index (χ1n) is 8.53. The number of sulfone groups is 1. The number of aromatic nitrogens is 1. The summed E-state index contributed by atoms with van der Waals surface area (Å²) in [4.78, 5) is 18.6. The Kier molecular flexibility index (Phi) is 5.00. The summed E-state index contributed by atoms with van der Waals surface area (Å²) in [7, 11) is -1.37. The normalized spacial score (nSPS) is 18.5. The molecule has 1 fully saturated rings. The summed E-state index contributed by atoms with van der Waals surface area (Å²) in [6.07, 6.45) is 2.07. The zero-order valence-electron chi connectivity index (χ0n) is 15.2. The van der Waals surface area contributed by atoms with E-state index in [1.807, 2.05) is 32.0 Å². The van der Waals surface area contributed by atoms with Crippen LogP contribution in [0.5, 0.6) is 0 Å². The molecule has 7 heteroatoms. The fourth-order valence-electron chi connectivity index (χ4n) is 3.09. The van der Waals surface area contributed by atoms with Crippen molar-refractivity contribution in [3.63, 3.8) is 0 Å². The van der Waals surface area contributed by atoms with Crippen LogP contribution in [0.15, 0.2) is 36.5 Å². The average molecular weight is 373 g/mol. The lowest BCUT2D eigenvalue weighted by molar-refractivity contribution is 0.0747. The van der Waals surface area contributed by atoms with Crippen molar-refractivity contribution in [2.24, 2.45) is 0 Å². The summed E-state index contributed by atoms with van der Waals surface area (Å²) in [6.45, 7) is 4.02. The zero-order valence-corrected chi connectivity index (χ0v) is 16.0. The molecule has 0 spiro atoms. The summed E-state index contributed by atoms with van der Waals surface area (Å²) in [5, 5.41) is 3.25. The van der Waals surface area contributed by atoms with E-state index in [2.05, 4.69) is 10.3 Å². The molecule has 6 nitrogen and oxygen atoms in total. The lowest BCUT2D eigenvalue weighted by atomic mass is 10.1. The number of nitrogens with one attached hydrogen (secondary N) is 1. The molecule has 0 radical (unpaired) electrons. The molecule has 1 unspecified atom stereocenters. The quantitative estimate of drug-likeness (QED) is 0.891. The second-order valence-electron chi connectivity index (χ2n) is 6.85. The van der Waals surface area contributed by atoms with Crippen molar-refractivity contribution in [1.29, 1.82) is 0 Å². The fraction of sp³-hybridized carbons (Fsp3) is 0.368. The molecule has 1 amide bonds. The van der Waals surface area contributed by atoms with Crippen LogP contribution in [0.2, 0.25) is 0 Å². The maximum atomic E-state index is 12.7. The fourth-order valence-corrected chi connectivity index (χ4v) is 4.87. The first kappa shape index (κ1) is 18.4. The van der Waals surface area contributed by atoms with E-state index in [9.17, 15) is 13.2 Å². The SMILES string of the molecule is Cc1ccc(C)c(Nc2cc(C(=O)N(C)C3CCS(=O)(=O)C3)ccn2)c1. The maximum absolute atomic E-state index is 12.7. The Bertz CT molecular complexity index is 941. The van der Waals surface area contributed by atoms with Gasteiger partial charge in [0.2, 0.25) is 0 Å². The first-order chi connectivity index (χ1) is 12.2. The minimum absolute atomic E-state index is 0.0356. The van der Waals surface area contributed by atoms with E-state index in [0.717, 1.165) is 16.8 Å². The third-order valence-electron chi connectivity index (χ3n) is 4.74. The molecule has 2 heterocycles. The van der Waals surface area contributed by atoms with Gasteiger partial charge in [-0.15, -0.1) is 0 Å². The molecule has 1 atom stereocenters. The van der Waals surface area contributed by atoms with Crippen LogP contribution in [-0.4, -0.2) is 48.8 Å². The third kappa shape index (κ3) is 4.04. The molecule has 0 bridgehead atoms. The molecule has 3 rings (SSSR count). The Morgan fingerprint density at radius 3 is 2.69 bits per heavy atom. The van der Waals surface area contributed by atoms with Crippen molar-refractivity contribution in [3.05, 3.63) is 53.2 Å². The Hall–Kier alpha value is -2.41. The van der Waals surface area contributed by atoms with Gasteiger partial charge in [0, 0.05) is 30.5 Å². The summed E-state index contributed by atoms with van der Waals surface area (Å²) < 4.78 is 23.3. The van der Waals surface area contributed by atoms with Gasteiger partial charge in [0.1, 0.15) is 5.82 Å². The monoisotopic (exact) mass is 373 g/mol. The molecule has 138 valence electrons. The van der Waals surface area contributed by atoms with Crippen LogP contribution in [0.4, 0.5) is 11.5 Å². The number of rotatable bonds is 4. The van der Waals surface area contributed by atoms with E-state index in [1.165, 1.54) is 4.90 Å². The highest BCUT2D eigenvalue weighted by molar-refractivity contribution is 7.91. The third-order valence-corrected chi connectivity index (χ3v) is 6.49. The van der Waals surface area contributed by atoms with Crippen molar-refractivity contribution in [3.8, 4) is 0 Å². The molecular formula is C19H23N3O3S. The molecule has 1 aromatic heterocycles. The van der Waals surface area contributed by atoms with Crippen molar-refractivity contribution in [1.82, 2.24) is 9.88 Å². The van der Waals surface area contributed by atoms with Crippen LogP contribution in [0.25, 0.3) is 0 Å². The lowest BCUT2D eigenvalue weighted by Crippen LogP contribution is -2.37. The maximum Gasteiger partial charge on any atom is 0.254 e. The van der Waals surface area contributed by atoms with Gasteiger partial charge in [-0.05, 0) is 49.6 Å². The predicted molar refractivity (Wildman–Crippen MR) is 103 cm³/mol. The van der Waals surface area contributed by atoms with E-state index >= 15 is 0 Å². The van der Waals surface area contributed by atoms with Gasteiger partial charge in [-0.3, -0.25) is 4.79 Å². The lowest BCUT2D eigenvalue weighted by Gasteiger charge is -2.23. The van der Waals surface area contributed by atoms with Crippen LogP contribution < -0.4 is 5.32 Å². The smallest absolute Gasteiger partial charge is 0.254 e. The van der Waals surface area contributed by atoms with Gasteiger partial charge in [0.25, 0.3) is 5.91 Å². The zero-order chi connectivity index (χ0) is 18.9. The molecule has 1 aromatic carbocycles. The number of carbonyl (C=O) groups excluding carboxylic acids is 1. The molecule has 26 heavy (non-hydrogen) atoms. The first-order valence-corrected chi connectivity index (χ1v) is 10.4. The van der Waals surface area contributed by atoms with Gasteiger partial charge in [-0.1, -0.05) is 12.1 Å². The van der Waals surface area contributed by atoms with Crippen molar-refractivity contribution < 1.29 is 13.2 Å². The Balaban J connectivity index is 1.78. The standard InChI is InChI=1S/C19H23N3O3S/c1-13-4-5-14(2)17(10-13)21-18-11-15(6-8-20-18)19(23)22(3)16-7-9-26(24,25)12-16/h4-6,8,10-11,16H,7,9,12H2,1-3H3,(H,20,21). The Morgan fingerprint density at radius 1 is 1.23 bits per heavy atom. The molecule has 1 aliphatic heterocycles. The van der Waals surface area contributed by atoms with Gasteiger partial charge in [-0.2, -0.15) is 0 Å². The van der Waals surface area contributed by atoms with Gasteiger partial charge >= 0.3 is 0 Å². The van der Waals surface area contributed by atoms with Crippen molar-refractivity contribution in [2.75, 3.05) is 23.9 Å². The number of nitrogens with zero attached hydrogens (tertiary/aromatic N) is 2. The summed E-state index contributed by atoms with van der Waals surface area (Å²) in [5.74, 6) is 0.564. The average Bonchev–Trinajstić information content (AvgIpc) is 2.97. The van der Waals surface area contributed by atoms with Crippen LogP contribution in [0.1, 0.15) is 27.9 Å². The Labute approximate surface area is 154 Å². The molecule has 0 aliphatic carbocycles. The largest absolute Gasteiger partial charge is 0.340 e. The van der Waals surface area contributed by atoms with Crippen LogP contribution in [-0.2, 0) is 9.84 Å². The molecule has 1 saturated heterocycles. The number of amides is 1. The van der Waals surface area contributed by atoms with Crippen LogP contribution >= 0.6 is 0 Å². The van der Waals surface area contributed by atoms with Crippen LogP contribution in [0, 0.1) is 13.8 Å². The highest BCUT2D eigenvalue weighted by Gasteiger charge is 2.33. The summed E-state index contributed by atoms with van der Waals surface area (Å²) >= 11 is 0. The highest BCUT2D eigenvalue weighted by Crippen LogP contribution is 2.22. The van der Waals surface area contributed by atoms with Crippen molar-refractivity contribution >= 4 is 27.2 Å². The van der Waals surface area contributed by atoms with Gasteiger partial charge in [0.15, 0.2) is 9.84 Å². The van der Waals surface area contributed by atoms with E-state index < -0.39 is 9.84 Å². The summed E-state index contributed by atoms with van der Waals surface area (Å²) in [5.41, 5.74) is 3.65. The summed E-state index contributed by atoms with van der Waals surface area (Å²) in [6, 6.07) is 9.18. The molecule has 0 saturated carbocycles. The number of hydrogen-bond acceptors (Lipinski definition) is 5. The minimum Gasteiger partial charge on any atom is -0.340 e. The number of carbonyl (C=O) groups is 1. The molecule has 2 aromatic rings. The van der Waals surface area contributed by atoms with E-state index in [4.69, 9.17) is 0 Å². The van der Waals surface area contributed by atoms with Gasteiger partial charge in [-0.25, -0.2) is 13.4 Å². The molecule has 1 N–H and O–H groups in total. The predicted octanol–water partition coefficient (Wildman–Crippen LogP) is 2.70. The highest BCUT2D eigenvalue weighted by atomic mass is 32.2. The van der Waals surface area contributed by atoms with E-state index in [1.54, 1.807) is 25.4 Å². The number of aryl methyl sites for hydroxylation is 2. The van der Waals surface area contributed by atoms with Gasteiger partial charge in [0.05, 0.1) is 11.5 Å². The molecular weight excluding hydrogens is 350 g/mol. The van der Waals surface area contributed by atoms with Crippen molar-refractivity contribution in [2.45, 2.75) is 26.3 Å². The number of hydrogen-bond donors (Lipinski definition) is 1. The van der Waals surface area contributed by atoms with Gasteiger partial charge < -0.3 is 10.2 Å². The second-order valence-corrected chi connectivity index (χ2v) is 9.07. The molecule has 1 aliphatic rings. The number of benzene rings is 1. The number of anilines is 2. The van der Waals surface area contributed by atoms with E-state index in [0.29, 0.717) is 17.8 Å². The minimum atomic E-state index is -3.03. The van der Waals surface area contributed by atoms with E-state index in [-0.39, 0.29) is 23.5 Å². The Morgan fingerprint density at radius 2 is 2.00 bits per heavy atom. The van der Waals surface area contributed by atoms with Crippen LogP contribution in [0.3, 0.4) is 0 Å².